The monoisotopic (exact) mass is 399 g/mol. The zero-order valence-electron chi connectivity index (χ0n) is 15.4. The highest BCUT2D eigenvalue weighted by Crippen LogP contribution is 2.18. The van der Waals surface area contributed by atoms with Crippen LogP contribution in [0.1, 0.15) is 0 Å². The highest BCUT2D eigenvalue weighted by atomic mass is 32.2. The zero-order chi connectivity index (χ0) is 19.8. The van der Waals surface area contributed by atoms with Crippen LogP contribution < -0.4 is 5.32 Å². The van der Waals surface area contributed by atoms with Gasteiger partial charge in [-0.1, -0.05) is 30.0 Å². The number of amides is 2. The lowest BCUT2D eigenvalue weighted by molar-refractivity contribution is -0.128. The molecule has 2 aromatic rings. The van der Waals surface area contributed by atoms with Crippen LogP contribution in [-0.2, 0) is 9.59 Å². The quantitative estimate of drug-likeness (QED) is 0.599. The molecule has 0 atom stereocenters. The normalized spacial score (nSPS) is 15.0. The van der Waals surface area contributed by atoms with Crippen LogP contribution in [0.15, 0.2) is 71.0 Å². The van der Waals surface area contributed by atoms with E-state index in [2.05, 4.69) is 5.32 Å². The third-order valence-electron chi connectivity index (χ3n) is 4.34. The topological polar surface area (TPSA) is 52.7 Å². The Morgan fingerprint density at radius 1 is 1.00 bits per heavy atom. The summed E-state index contributed by atoms with van der Waals surface area (Å²) in [6.07, 6.45) is 1.59. The van der Waals surface area contributed by atoms with E-state index in [9.17, 15) is 14.0 Å². The molecule has 1 saturated heterocycles. The number of piperazine rings is 1. The van der Waals surface area contributed by atoms with Gasteiger partial charge in [0.15, 0.2) is 0 Å². The van der Waals surface area contributed by atoms with Crippen molar-refractivity contribution >= 4 is 29.3 Å². The summed E-state index contributed by atoms with van der Waals surface area (Å²) in [7, 11) is 0. The molecule has 1 heterocycles. The zero-order valence-corrected chi connectivity index (χ0v) is 16.2. The molecule has 3 rings (SSSR count). The Hall–Kier alpha value is -2.64. The molecule has 7 heteroatoms. The van der Waals surface area contributed by atoms with Gasteiger partial charge in [0.2, 0.25) is 11.8 Å². The summed E-state index contributed by atoms with van der Waals surface area (Å²) < 4.78 is 12.9. The number of carbonyl (C=O) groups is 2. The van der Waals surface area contributed by atoms with Gasteiger partial charge in [-0.15, -0.1) is 0 Å². The number of thioether (sulfide) groups is 1. The Labute approximate surface area is 168 Å². The van der Waals surface area contributed by atoms with Crippen LogP contribution in [0, 0.1) is 5.82 Å². The van der Waals surface area contributed by atoms with E-state index < -0.39 is 0 Å². The average molecular weight is 399 g/mol. The van der Waals surface area contributed by atoms with Crippen LogP contribution in [0.25, 0.3) is 0 Å². The predicted octanol–water partition coefficient (Wildman–Crippen LogP) is 3.21. The van der Waals surface area contributed by atoms with Crippen molar-refractivity contribution in [2.24, 2.45) is 0 Å². The number of benzene rings is 2. The van der Waals surface area contributed by atoms with Crippen LogP contribution in [0.4, 0.5) is 10.1 Å². The van der Waals surface area contributed by atoms with Crippen molar-refractivity contribution in [3.8, 4) is 0 Å². The fourth-order valence-corrected chi connectivity index (χ4v) is 3.49. The second kappa shape index (κ2) is 10.1. The molecule has 0 radical (unpaired) electrons. The molecular weight excluding hydrogens is 377 g/mol. The van der Waals surface area contributed by atoms with Crippen LogP contribution >= 0.6 is 11.8 Å². The van der Waals surface area contributed by atoms with Crippen molar-refractivity contribution < 1.29 is 14.0 Å². The van der Waals surface area contributed by atoms with Gasteiger partial charge in [-0.2, -0.15) is 0 Å². The van der Waals surface area contributed by atoms with E-state index in [4.69, 9.17) is 0 Å². The van der Waals surface area contributed by atoms with E-state index in [1.54, 1.807) is 16.4 Å². The third kappa shape index (κ3) is 6.21. The highest BCUT2D eigenvalue weighted by Gasteiger charge is 2.21. The molecule has 0 saturated carbocycles. The van der Waals surface area contributed by atoms with E-state index >= 15 is 0 Å². The van der Waals surface area contributed by atoms with Crippen LogP contribution in [0.5, 0.6) is 0 Å². The number of rotatable bonds is 6. The number of nitrogens with one attached hydrogen (secondary N) is 1. The molecule has 146 valence electrons. The van der Waals surface area contributed by atoms with E-state index in [0.29, 0.717) is 31.9 Å². The molecule has 2 amide bonds. The summed E-state index contributed by atoms with van der Waals surface area (Å²) >= 11 is 1.51. The number of carbonyl (C=O) groups excluding carboxylic acids is 2. The number of hydrogen-bond donors (Lipinski definition) is 1. The molecule has 0 bridgehead atoms. The van der Waals surface area contributed by atoms with E-state index in [0.717, 1.165) is 4.90 Å². The van der Waals surface area contributed by atoms with E-state index in [1.165, 1.54) is 36.0 Å². The maximum Gasteiger partial charge on any atom is 0.247 e. The Morgan fingerprint density at radius 3 is 2.36 bits per heavy atom. The number of anilines is 1. The molecule has 0 aromatic heterocycles. The minimum Gasteiger partial charge on any atom is -0.337 e. The predicted molar refractivity (Wildman–Crippen MR) is 109 cm³/mol. The van der Waals surface area contributed by atoms with Crippen LogP contribution in [-0.4, -0.2) is 54.3 Å². The van der Waals surface area contributed by atoms with Crippen molar-refractivity contribution in [1.82, 2.24) is 9.80 Å². The van der Waals surface area contributed by atoms with Gasteiger partial charge in [0.05, 0.1) is 6.54 Å². The first-order chi connectivity index (χ1) is 13.6. The summed E-state index contributed by atoms with van der Waals surface area (Å²) in [5.74, 6) is -0.501. The summed E-state index contributed by atoms with van der Waals surface area (Å²) in [5.41, 5.74) is 0.571. The van der Waals surface area contributed by atoms with Crippen molar-refractivity contribution in [3.05, 3.63) is 71.9 Å². The standard InChI is InChI=1S/C21H22FN3O2S/c22-17-6-8-18(9-7-17)23-20(26)16-24-11-13-25(14-12-24)21(27)10-15-28-19-4-2-1-3-5-19/h1-10,15H,11-14,16H2,(H,23,26)/b15-10+. The molecule has 1 fully saturated rings. The maximum absolute atomic E-state index is 12.9. The summed E-state index contributed by atoms with van der Waals surface area (Å²) in [4.78, 5) is 29.3. The lowest BCUT2D eigenvalue weighted by Crippen LogP contribution is -2.50. The fourth-order valence-electron chi connectivity index (χ4n) is 2.84. The van der Waals surface area contributed by atoms with Gasteiger partial charge in [0, 0.05) is 42.8 Å². The Bertz CT molecular complexity index is 819. The van der Waals surface area contributed by atoms with E-state index in [-0.39, 0.29) is 24.2 Å². The van der Waals surface area contributed by atoms with Crippen LogP contribution in [0.3, 0.4) is 0 Å². The molecule has 2 aromatic carbocycles. The van der Waals surface area contributed by atoms with Gasteiger partial charge in [0.1, 0.15) is 5.82 Å². The van der Waals surface area contributed by atoms with Gasteiger partial charge in [-0.05, 0) is 41.8 Å². The van der Waals surface area contributed by atoms with Gasteiger partial charge in [0.25, 0.3) is 0 Å². The van der Waals surface area contributed by atoms with Crippen molar-refractivity contribution in [3.63, 3.8) is 0 Å². The Balaban J connectivity index is 1.39. The lowest BCUT2D eigenvalue weighted by Gasteiger charge is -2.33. The molecular formula is C21H22FN3O2S. The fraction of sp³-hybridized carbons (Fsp3) is 0.238. The summed E-state index contributed by atoms with van der Waals surface area (Å²) in [5, 5.41) is 4.56. The van der Waals surface area contributed by atoms with Gasteiger partial charge in [-0.3, -0.25) is 14.5 Å². The second-order valence-electron chi connectivity index (χ2n) is 6.39. The molecule has 5 nitrogen and oxygen atoms in total. The average Bonchev–Trinajstić information content (AvgIpc) is 2.71. The van der Waals surface area contributed by atoms with Crippen molar-refractivity contribution in [2.75, 3.05) is 38.0 Å². The SMILES string of the molecule is O=C(CN1CCN(C(=O)/C=C/Sc2ccccc2)CC1)Nc1ccc(F)cc1. The smallest absolute Gasteiger partial charge is 0.247 e. The van der Waals surface area contributed by atoms with Crippen LogP contribution in [0.2, 0.25) is 0 Å². The molecule has 0 spiro atoms. The molecule has 28 heavy (non-hydrogen) atoms. The molecule has 0 unspecified atom stereocenters. The maximum atomic E-state index is 12.9. The molecule has 1 N–H and O–H groups in total. The Kier molecular flexibility index (Phi) is 7.22. The van der Waals surface area contributed by atoms with Gasteiger partial charge < -0.3 is 10.2 Å². The minimum atomic E-state index is -0.338. The highest BCUT2D eigenvalue weighted by molar-refractivity contribution is 8.02. The number of hydrogen-bond acceptors (Lipinski definition) is 4. The molecule has 1 aliphatic heterocycles. The van der Waals surface area contributed by atoms with Gasteiger partial charge in [-0.25, -0.2) is 4.39 Å². The first kappa shape index (κ1) is 20.1. The summed E-state index contributed by atoms with van der Waals surface area (Å²) in [6, 6.07) is 15.6. The number of nitrogens with zero attached hydrogens (tertiary/aromatic N) is 2. The lowest BCUT2D eigenvalue weighted by atomic mass is 10.3. The second-order valence-corrected chi connectivity index (χ2v) is 7.37. The third-order valence-corrected chi connectivity index (χ3v) is 5.15. The van der Waals surface area contributed by atoms with Gasteiger partial charge >= 0.3 is 0 Å². The molecule has 0 aliphatic carbocycles. The Morgan fingerprint density at radius 2 is 1.68 bits per heavy atom. The van der Waals surface area contributed by atoms with Crippen molar-refractivity contribution in [1.29, 1.82) is 0 Å². The first-order valence-corrected chi connectivity index (χ1v) is 9.93. The van der Waals surface area contributed by atoms with E-state index in [1.807, 2.05) is 35.2 Å². The first-order valence-electron chi connectivity index (χ1n) is 9.05. The largest absolute Gasteiger partial charge is 0.337 e. The summed E-state index contributed by atoms with van der Waals surface area (Å²) in [6.45, 7) is 2.70. The minimum absolute atomic E-state index is 0.0150. The van der Waals surface area contributed by atoms with Crippen molar-refractivity contribution in [2.45, 2.75) is 4.90 Å². The number of halogens is 1. The molecule has 1 aliphatic rings.